The topological polar surface area (TPSA) is 87.1 Å². The molecule has 2 rings (SSSR count). The van der Waals surface area contributed by atoms with Gasteiger partial charge in [-0.25, -0.2) is 4.79 Å². The van der Waals surface area contributed by atoms with Gasteiger partial charge < -0.3 is 19.8 Å². The second-order valence-corrected chi connectivity index (χ2v) is 4.24. The van der Waals surface area contributed by atoms with Crippen molar-refractivity contribution in [2.45, 2.75) is 37.5 Å². The average molecular weight is 229 g/mol. The molecular weight excluding hydrogens is 214 g/mol. The zero-order valence-corrected chi connectivity index (χ0v) is 8.83. The summed E-state index contributed by atoms with van der Waals surface area (Å²) in [7, 11) is 0. The van der Waals surface area contributed by atoms with E-state index in [1.807, 2.05) is 0 Å². The van der Waals surface area contributed by atoms with Crippen LogP contribution < -0.4 is 0 Å². The Morgan fingerprint density at radius 3 is 2.69 bits per heavy atom. The van der Waals surface area contributed by atoms with Crippen molar-refractivity contribution in [3.05, 3.63) is 0 Å². The van der Waals surface area contributed by atoms with Crippen LogP contribution in [0.15, 0.2) is 0 Å². The Labute approximate surface area is 92.8 Å². The molecular formula is C10H15NO5. The number of rotatable bonds is 2. The van der Waals surface area contributed by atoms with E-state index in [1.54, 1.807) is 0 Å². The number of hydrogen-bond acceptors (Lipinski definition) is 4. The Morgan fingerprint density at radius 2 is 2.12 bits per heavy atom. The molecule has 6 nitrogen and oxygen atoms in total. The summed E-state index contributed by atoms with van der Waals surface area (Å²) in [6, 6.07) is -0.910. The van der Waals surface area contributed by atoms with Crippen LogP contribution in [0.25, 0.3) is 0 Å². The third-order valence-electron chi connectivity index (χ3n) is 3.05. The maximum absolute atomic E-state index is 11.9. The Morgan fingerprint density at radius 1 is 1.38 bits per heavy atom. The average Bonchev–Trinajstić information content (AvgIpc) is 2.84. The smallest absolute Gasteiger partial charge is 0.326 e. The van der Waals surface area contributed by atoms with Gasteiger partial charge in [0.15, 0.2) is 0 Å². The highest BCUT2D eigenvalue weighted by Crippen LogP contribution is 2.23. The van der Waals surface area contributed by atoms with Gasteiger partial charge in [0.1, 0.15) is 12.1 Å². The SMILES string of the molecule is O=C(O)[C@H]1C[C@@H](O)CN1C(=O)[C@H]1CCCO1. The molecule has 2 heterocycles. The maximum Gasteiger partial charge on any atom is 0.326 e. The van der Waals surface area contributed by atoms with Crippen molar-refractivity contribution in [1.29, 1.82) is 0 Å². The van der Waals surface area contributed by atoms with Crippen molar-refractivity contribution >= 4 is 11.9 Å². The van der Waals surface area contributed by atoms with E-state index in [4.69, 9.17) is 9.84 Å². The van der Waals surface area contributed by atoms with Crippen LogP contribution in [-0.2, 0) is 14.3 Å². The lowest BCUT2D eigenvalue weighted by Crippen LogP contribution is -2.45. The maximum atomic E-state index is 11.9. The van der Waals surface area contributed by atoms with Crippen molar-refractivity contribution in [3.63, 3.8) is 0 Å². The first-order valence-electron chi connectivity index (χ1n) is 5.42. The van der Waals surface area contributed by atoms with Gasteiger partial charge in [-0.2, -0.15) is 0 Å². The number of nitrogens with zero attached hydrogens (tertiary/aromatic N) is 1. The third kappa shape index (κ3) is 2.03. The van der Waals surface area contributed by atoms with Crippen LogP contribution >= 0.6 is 0 Å². The summed E-state index contributed by atoms with van der Waals surface area (Å²) in [5.41, 5.74) is 0. The van der Waals surface area contributed by atoms with E-state index in [2.05, 4.69) is 0 Å². The Kier molecular flexibility index (Phi) is 3.11. The number of aliphatic hydroxyl groups is 1. The summed E-state index contributed by atoms with van der Waals surface area (Å²) in [6.45, 7) is 0.639. The summed E-state index contributed by atoms with van der Waals surface area (Å²) >= 11 is 0. The number of carbonyl (C=O) groups excluding carboxylic acids is 1. The number of hydrogen-bond donors (Lipinski definition) is 2. The normalized spacial score (nSPS) is 34.3. The van der Waals surface area contributed by atoms with E-state index in [0.29, 0.717) is 13.0 Å². The number of likely N-dealkylation sites (tertiary alicyclic amines) is 1. The zero-order valence-electron chi connectivity index (χ0n) is 8.83. The molecule has 1 amide bonds. The van der Waals surface area contributed by atoms with Crippen LogP contribution in [0.3, 0.4) is 0 Å². The first-order valence-corrected chi connectivity index (χ1v) is 5.42. The summed E-state index contributed by atoms with van der Waals surface area (Å²) in [5, 5.41) is 18.4. The van der Waals surface area contributed by atoms with Gasteiger partial charge in [0.25, 0.3) is 5.91 Å². The van der Waals surface area contributed by atoms with E-state index < -0.39 is 24.2 Å². The van der Waals surface area contributed by atoms with Crippen molar-refractivity contribution in [2.24, 2.45) is 0 Å². The standard InChI is InChI=1S/C10H15NO5/c12-6-4-7(10(14)15)11(5-6)9(13)8-2-1-3-16-8/h6-8,12H,1-5H2,(H,14,15)/t6-,7-,8-/m1/s1. The van der Waals surface area contributed by atoms with E-state index >= 15 is 0 Å². The van der Waals surface area contributed by atoms with Crippen LogP contribution in [-0.4, -0.2) is 58.4 Å². The molecule has 0 aliphatic carbocycles. The molecule has 6 heteroatoms. The van der Waals surface area contributed by atoms with Gasteiger partial charge in [-0.1, -0.05) is 0 Å². The molecule has 2 aliphatic rings. The van der Waals surface area contributed by atoms with Gasteiger partial charge in [-0.3, -0.25) is 4.79 Å². The third-order valence-corrected chi connectivity index (χ3v) is 3.05. The van der Waals surface area contributed by atoms with Crippen LogP contribution in [0.4, 0.5) is 0 Å². The van der Waals surface area contributed by atoms with Gasteiger partial charge in [0, 0.05) is 19.6 Å². The summed E-state index contributed by atoms with van der Waals surface area (Å²) < 4.78 is 5.22. The summed E-state index contributed by atoms with van der Waals surface area (Å²) in [5.74, 6) is -1.37. The quantitative estimate of drug-likeness (QED) is 0.648. The summed E-state index contributed by atoms with van der Waals surface area (Å²) in [4.78, 5) is 24.1. The molecule has 0 unspecified atom stereocenters. The number of carbonyl (C=O) groups is 2. The van der Waals surface area contributed by atoms with Crippen molar-refractivity contribution in [1.82, 2.24) is 4.90 Å². The zero-order chi connectivity index (χ0) is 11.7. The van der Waals surface area contributed by atoms with Crippen molar-refractivity contribution in [2.75, 3.05) is 13.2 Å². The molecule has 0 aromatic heterocycles. The molecule has 2 aliphatic heterocycles. The highest BCUT2D eigenvalue weighted by Gasteiger charge is 2.41. The largest absolute Gasteiger partial charge is 0.480 e. The molecule has 16 heavy (non-hydrogen) atoms. The second kappa shape index (κ2) is 4.39. The van der Waals surface area contributed by atoms with Gasteiger partial charge in [0.2, 0.25) is 0 Å². The van der Waals surface area contributed by atoms with Crippen LogP contribution in [0.1, 0.15) is 19.3 Å². The number of carboxylic acid groups (broad SMARTS) is 1. The molecule has 0 radical (unpaired) electrons. The Balaban J connectivity index is 2.06. The predicted molar refractivity (Wildman–Crippen MR) is 52.7 cm³/mol. The van der Waals surface area contributed by atoms with Gasteiger partial charge >= 0.3 is 5.97 Å². The molecule has 3 atom stereocenters. The van der Waals surface area contributed by atoms with E-state index in [0.717, 1.165) is 6.42 Å². The number of carboxylic acids is 1. The molecule has 90 valence electrons. The molecule has 0 saturated carbocycles. The van der Waals surface area contributed by atoms with E-state index in [9.17, 15) is 14.7 Å². The minimum atomic E-state index is -1.07. The lowest BCUT2D eigenvalue weighted by atomic mass is 10.2. The van der Waals surface area contributed by atoms with E-state index in [-0.39, 0.29) is 18.9 Å². The fourth-order valence-corrected chi connectivity index (χ4v) is 2.25. The van der Waals surface area contributed by atoms with Crippen molar-refractivity contribution < 1.29 is 24.5 Å². The lowest BCUT2D eigenvalue weighted by Gasteiger charge is -2.23. The summed E-state index contributed by atoms with van der Waals surface area (Å²) in [6.07, 6.45) is 0.300. The van der Waals surface area contributed by atoms with Gasteiger partial charge in [0.05, 0.1) is 6.10 Å². The lowest BCUT2D eigenvalue weighted by molar-refractivity contribution is -0.152. The number of aliphatic carboxylic acids is 1. The van der Waals surface area contributed by atoms with Crippen LogP contribution in [0, 0.1) is 0 Å². The molecule has 0 aromatic carbocycles. The number of β-amino-alcohol motifs (C(OH)–C–C–N with tert-alkyl or cyclic N) is 1. The molecule has 0 bridgehead atoms. The highest BCUT2D eigenvalue weighted by molar-refractivity contribution is 5.87. The van der Waals surface area contributed by atoms with Gasteiger partial charge in [-0.15, -0.1) is 0 Å². The van der Waals surface area contributed by atoms with Gasteiger partial charge in [-0.05, 0) is 12.8 Å². The molecule has 2 fully saturated rings. The van der Waals surface area contributed by atoms with Crippen molar-refractivity contribution in [3.8, 4) is 0 Å². The monoisotopic (exact) mass is 229 g/mol. The molecule has 2 N–H and O–H groups in total. The fraction of sp³-hybridized carbons (Fsp3) is 0.800. The highest BCUT2D eigenvalue weighted by atomic mass is 16.5. The number of aliphatic hydroxyl groups excluding tert-OH is 1. The van der Waals surface area contributed by atoms with Crippen LogP contribution in [0.2, 0.25) is 0 Å². The Bertz CT molecular complexity index is 300. The minimum Gasteiger partial charge on any atom is -0.480 e. The molecule has 2 saturated heterocycles. The fourth-order valence-electron chi connectivity index (χ4n) is 2.25. The predicted octanol–water partition coefficient (Wildman–Crippen LogP) is -0.788. The first kappa shape index (κ1) is 11.3. The van der Waals surface area contributed by atoms with E-state index in [1.165, 1.54) is 4.90 Å². The van der Waals surface area contributed by atoms with Crippen LogP contribution in [0.5, 0.6) is 0 Å². The molecule has 0 aromatic rings. The Hall–Kier alpha value is -1.14. The number of amides is 1. The minimum absolute atomic E-state index is 0.0929. The first-order chi connectivity index (χ1) is 7.59. The molecule has 0 spiro atoms. The number of ether oxygens (including phenoxy) is 1. The second-order valence-electron chi connectivity index (χ2n) is 4.24.